The van der Waals surface area contributed by atoms with E-state index in [4.69, 9.17) is 14.5 Å². The van der Waals surface area contributed by atoms with E-state index in [-0.39, 0.29) is 10.8 Å². The largest absolute Gasteiger partial charge is 0.356 e. The third kappa shape index (κ3) is 4.06. The van der Waals surface area contributed by atoms with Gasteiger partial charge in [0.25, 0.3) is 0 Å². The molecule has 152 valence electrons. The molecule has 1 aliphatic carbocycles. The van der Waals surface area contributed by atoms with Crippen molar-refractivity contribution in [3.05, 3.63) is 29.3 Å². The van der Waals surface area contributed by atoms with Gasteiger partial charge in [0.05, 0.1) is 5.69 Å². The van der Waals surface area contributed by atoms with E-state index in [2.05, 4.69) is 62.6 Å². The summed E-state index contributed by atoms with van der Waals surface area (Å²) in [6.07, 6.45) is 4.45. The van der Waals surface area contributed by atoms with Crippen LogP contribution in [-0.2, 0) is 10.8 Å². The van der Waals surface area contributed by atoms with E-state index in [1.165, 1.54) is 12.8 Å². The van der Waals surface area contributed by atoms with Gasteiger partial charge in [0, 0.05) is 41.8 Å². The smallest absolute Gasteiger partial charge is 0.229 e. The van der Waals surface area contributed by atoms with Gasteiger partial charge in [-0.1, -0.05) is 46.7 Å². The molecule has 2 aliphatic rings. The molecule has 0 atom stereocenters. The molecule has 0 unspecified atom stereocenters. The number of piperidine rings is 1. The Kier molecular flexibility index (Phi) is 4.71. The van der Waals surface area contributed by atoms with Gasteiger partial charge in [-0.25, -0.2) is 9.97 Å². The molecule has 4 rings (SSSR count). The van der Waals surface area contributed by atoms with Crippen LogP contribution >= 0.6 is 0 Å². The van der Waals surface area contributed by atoms with Gasteiger partial charge in [-0.05, 0) is 25.7 Å². The van der Waals surface area contributed by atoms with Crippen molar-refractivity contribution in [2.45, 2.75) is 89.9 Å². The second-order valence-corrected chi connectivity index (χ2v) is 10.5. The van der Waals surface area contributed by atoms with Gasteiger partial charge in [-0.3, -0.25) is 0 Å². The zero-order valence-electron chi connectivity index (χ0n) is 18.1. The van der Waals surface area contributed by atoms with E-state index < -0.39 is 0 Å². The molecule has 1 aliphatic heterocycles. The number of hydrogen-bond donors (Lipinski definition) is 0. The molecule has 0 bridgehead atoms. The van der Waals surface area contributed by atoms with Gasteiger partial charge in [-0.2, -0.15) is 4.98 Å². The lowest BCUT2D eigenvalue weighted by Crippen LogP contribution is -2.35. The number of hydrogen-bond acceptors (Lipinski definition) is 6. The Bertz CT molecular complexity index is 801. The maximum atomic E-state index is 5.46. The van der Waals surface area contributed by atoms with Crippen LogP contribution in [0.25, 0.3) is 0 Å². The first-order chi connectivity index (χ1) is 13.1. The standard InChI is InChI=1S/C22H33N5O/c1-21(2,3)16-13-17(24-20(23-16)22(4,5)6)27-11-9-14(10-12-27)18-25-19(28-26-18)15-7-8-15/h13-15H,7-12H2,1-6H3. The minimum Gasteiger partial charge on any atom is -0.356 e. The van der Waals surface area contributed by atoms with E-state index in [9.17, 15) is 0 Å². The van der Waals surface area contributed by atoms with Crippen LogP contribution in [0.1, 0.15) is 102 Å². The van der Waals surface area contributed by atoms with Crippen LogP contribution in [0, 0.1) is 0 Å². The fourth-order valence-electron chi connectivity index (χ4n) is 3.59. The van der Waals surface area contributed by atoms with E-state index in [1.54, 1.807) is 0 Å². The lowest BCUT2D eigenvalue weighted by Gasteiger charge is -2.33. The monoisotopic (exact) mass is 383 g/mol. The maximum absolute atomic E-state index is 5.46. The normalized spacial score (nSPS) is 19.3. The number of anilines is 1. The molecule has 2 fully saturated rings. The molecule has 3 heterocycles. The van der Waals surface area contributed by atoms with Crippen LogP contribution < -0.4 is 4.90 Å². The van der Waals surface area contributed by atoms with Crippen LogP contribution in [0.15, 0.2) is 10.6 Å². The van der Waals surface area contributed by atoms with Gasteiger partial charge in [0.15, 0.2) is 5.82 Å². The average Bonchev–Trinajstić information content (AvgIpc) is 3.37. The van der Waals surface area contributed by atoms with E-state index >= 15 is 0 Å². The highest BCUT2D eigenvalue weighted by Crippen LogP contribution is 2.40. The predicted molar refractivity (Wildman–Crippen MR) is 110 cm³/mol. The Morgan fingerprint density at radius 3 is 2.11 bits per heavy atom. The van der Waals surface area contributed by atoms with E-state index in [0.29, 0.717) is 11.8 Å². The van der Waals surface area contributed by atoms with Crippen molar-refractivity contribution in [3.63, 3.8) is 0 Å². The molecule has 0 amide bonds. The second kappa shape index (κ2) is 6.82. The summed E-state index contributed by atoms with van der Waals surface area (Å²) in [7, 11) is 0. The third-order valence-electron chi connectivity index (χ3n) is 5.72. The van der Waals surface area contributed by atoms with Crippen LogP contribution in [0.2, 0.25) is 0 Å². The molecule has 6 nitrogen and oxygen atoms in total. The summed E-state index contributed by atoms with van der Waals surface area (Å²) in [6, 6.07) is 2.18. The summed E-state index contributed by atoms with van der Waals surface area (Å²) in [6.45, 7) is 15.1. The molecule has 1 saturated carbocycles. The van der Waals surface area contributed by atoms with Crippen molar-refractivity contribution >= 4 is 5.82 Å². The Hall–Kier alpha value is -1.98. The minimum atomic E-state index is -0.0713. The molecule has 28 heavy (non-hydrogen) atoms. The van der Waals surface area contributed by atoms with Crippen LogP contribution in [0.4, 0.5) is 5.82 Å². The van der Waals surface area contributed by atoms with Gasteiger partial charge in [-0.15, -0.1) is 0 Å². The summed E-state index contributed by atoms with van der Waals surface area (Å²) in [5.41, 5.74) is 1.04. The molecule has 0 aromatic carbocycles. The summed E-state index contributed by atoms with van der Waals surface area (Å²) in [4.78, 5) is 16.9. The lowest BCUT2D eigenvalue weighted by molar-refractivity contribution is 0.364. The summed E-state index contributed by atoms with van der Waals surface area (Å²) >= 11 is 0. The molecule has 0 N–H and O–H groups in total. The lowest BCUT2D eigenvalue weighted by atomic mass is 9.90. The summed E-state index contributed by atoms with van der Waals surface area (Å²) in [5, 5.41) is 4.26. The minimum absolute atomic E-state index is 0.000143. The highest BCUT2D eigenvalue weighted by atomic mass is 16.5. The highest BCUT2D eigenvalue weighted by Gasteiger charge is 2.32. The quantitative estimate of drug-likeness (QED) is 0.764. The van der Waals surface area contributed by atoms with Crippen molar-refractivity contribution < 1.29 is 4.52 Å². The molecule has 2 aromatic rings. The Morgan fingerprint density at radius 2 is 1.54 bits per heavy atom. The van der Waals surface area contributed by atoms with Gasteiger partial charge >= 0.3 is 0 Å². The van der Waals surface area contributed by atoms with Crippen molar-refractivity contribution in [1.82, 2.24) is 20.1 Å². The third-order valence-corrected chi connectivity index (χ3v) is 5.72. The number of aromatic nitrogens is 4. The van der Waals surface area contributed by atoms with Gasteiger partial charge < -0.3 is 9.42 Å². The molecule has 1 saturated heterocycles. The van der Waals surface area contributed by atoms with E-state index in [0.717, 1.165) is 55.0 Å². The fourth-order valence-corrected chi connectivity index (χ4v) is 3.59. The topological polar surface area (TPSA) is 67.9 Å². The second-order valence-electron chi connectivity index (χ2n) is 10.5. The fraction of sp³-hybridized carbons (Fsp3) is 0.727. The van der Waals surface area contributed by atoms with E-state index in [1.807, 2.05) is 0 Å². The molecular weight excluding hydrogens is 350 g/mol. The van der Waals surface area contributed by atoms with Crippen molar-refractivity contribution in [2.24, 2.45) is 0 Å². The van der Waals surface area contributed by atoms with Crippen molar-refractivity contribution in [2.75, 3.05) is 18.0 Å². The summed E-state index contributed by atoms with van der Waals surface area (Å²) in [5.74, 6) is 4.62. The van der Waals surface area contributed by atoms with Crippen LogP contribution in [0.3, 0.4) is 0 Å². The Balaban J connectivity index is 1.51. The van der Waals surface area contributed by atoms with Crippen LogP contribution in [0.5, 0.6) is 0 Å². The Labute approximate surface area is 168 Å². The highest BCUT2D eigenvalue weighted by molar-refractivity contribution is 5.43. The first kappa shape index (κ1) is 19.3. The molecule has 0 spiro atoms. The zero-order chi connectivity index (χ0) is 20.1. The SMILES string of the molecule is CC(C)(C)c1cc(N2CCC(c3noc(C4CC4)n3)CC2)nc(C(C)(C)C)n1. The van der Waals surface area contributed by atoms with Gasteiger partial charge in [0.2, 0.25) is 5.89 Å². The molecule has 0 radical (unpaired) electrons. The molecular formula is C22H33N5O. The van der Waals surface area contributed by atoms with Gasteiger partial charge in [0.1, 0.15) is 11.6 Å². The summed E-state index contributed by atoms with van der Waals surface area (Å²) < 4.78 is 5.46. The first-order valence-electron chi connectivity index (χ1n) is 10.6. The predicted octanol–water partition coefficient (Wildman–Crippen LogP) is 4.72. The first-order valence-corrected chi connectivity index (χ1v) is 10.6. The van der Waals surface area contributed by atoms with Crippen LogP contribution in [-0.4, -0.2) is 33.2 Å². The Morgan fingerprint density at radius 1 is 0.857 bits per heavy atom. The van der Waals surface area contributed by atoms with Crippen molar-refractivity contribution in [1.29, 1.82) is 0 Å². The molecule has 2 aromatic heterocycles. The number of rotatable bonds is 3. The van der Waals surface area contributed by atoms with Crippen molar-refractivity contribution in [3.8, 4) is 0 Å². The average molecular weight is 384 g/mol. The maximum Gasteiger partial charge on any atom is 0.229 e. The molecule has 6 heteroatoms. The number of nitrogens with zero attached hydrogens (tertiary/aromatic N) is 5. The zero-order valence-corrected chi connectivity index (χ0v) is 18.1.